The van der Waals surface area contributed by atoms with Crippen molar-refractivity contribution in [3.8, 4) is 34.1 Å². The first-order chi connectivity index (χ1) is 17.7. The summed E-state index contributed by atoms with van der Waals surface area (Å²) in [6, 6.07) is 16.2. The maximum atomic E-state index is 14.9. The molecular formula is C27H21F2N5O2. The normalized spacial score (nSPS) is 13.5. The van der Waals surface area contributed by atoms with Gasteiger partial charge in [-0.1, -0.05) is 30.3 Å². The maximum Gasteiger partial charge on any atom is 0.242 e. The van der Waals surface area contributed by atoms with Crippen molar-refractivity contribution in [3.63, 3.8) is 0 Å². The minimum absolute atomic E-state index is 0.0458. The van der Waals surface area contributed by atoms with Crippen LogP contribution in [0.15, 0.2) is 73.1 Å². The van der Waals surface area contributed by atoms with Crippen molar-refractivity contribution >= 4 is 5.52 Å². The summed E-state index contributed by atoms with van der Waals surface area (Å²) in [6.45, 7) is 0.0458. The van der Waals surface area contributed by atoms with Gasteiger partial charge in [0.1, 0.15) is 35.2 Å². The summed E-state index contributed by atoms with van der Waals surface area (Å²) >= 11 is 0. The molecule has 6 rings (SSSR count). The van der Waals surface area contributed by atoms with Crippen molar-refractivity contribution < 1.29 is 18.3 Å². The van der Waals surface area contributed by atoms with E-state index in [1.54, 1.807) is 42.6 Å². The standard InChI is InChI=1S/C27H21F2N5O2/c28-20-11-3-1-9-18(20)25-23-15-31-32-26(19-10-2-4-12-21(19)29)34(23)33-27(25)35-16-22-24(13-6-14-30-22)36-17-7-5-8-17/h1-4,6,9-15,17H,5,7-8,16H2. The Bertz CT molecular complexity index is 1550. The van der Waals surface area contributed by atoms with Crippen molar-refractivity contribution in [3.05, 3.63) is 90.4 Å². The van der Waals surface area contributed by atoms with Crippen LogP contribution in [0, 0.1) is 11.6 Å². The van der Waals surface area contributed by atoms with Gasteiger partial charge in [-0.25, -0.2) is 13.3 Å². The minimum atomic E-state index is -0.476. The topological polar surface area (TPSA) is 74.4 Å². The van der Waals surface area contributed by atoms with Gasteiger partial charge in [0.2, 0.25) is 5.88 Å². The Labute approximate surface area is 205 Å². The molecule has 3 heterocycles. The predicted molar refractivity (Wildman–Crippen MR) is 128 cm³/mol. The Morgan fingerprint density at radius 2 is 1.67 bits per heavy atom. The fourth-order valence-electron chi connectivity index (χ4n) is 4.14. The lowest BCUT2D eigenvalue weighted by atomic mass is 9.96. The van der Waals surface area contributed by atoms with Gasteiger partial charge >= 0.3 is 0 Å². The van der Waals surface area contributed by atoms with Gasteiger partial charge in [0.05, 0.1) is 23.4 Å². The number of fused-ring (bicyclic) bond motifs is 1. The van der Waals surface area contributed by atoms with Crippen molar-refractivity contribution in [2.45, 2.75) is 32.0 Å². The average Bonchev–Trinajstić information content (AvgIpc) is 3.24. The van der Waals surface area contributed by atoms with Gasteiger partial charge in [0.25, 0.3) is 0 Å². The highest BCUT2D eigenvalue weighted by Gasteiger charge is 2.24. The number of rotatable bonds is 7. The second-order valence-corrected chi connectivity index (χ2v) is 8.51. The van der Waals surface area contributed by atoms with E-state index in [0.29, 0.717) is 22.5 Å². The maximum absolute atomic E-state index is 14.9. The summed E-state index contributed by atoms with van der Waals surface area (Å²) in [5, 5.41) is 12.7. The van der Waals surface area contributed by atoms with Crippen molar-refractivity contribution in [2.24, 2.45) is 0 Å². The monoisotopic (exact) mass is 485 g/mol. The number of benzene rings is 2. The quantitative estimate of drug-likeness (QED) is 0.297. The van der Waals surface area contributed by atoms with Crippen LogP contribution in [-0.4, -0.2) is 30.9 Å². The lowest BCUT2D eigenvalue weighted by Gasteiger charge is -2.27. The van der Waals surface area contributed by atoms with Crippen LogP contribution in [0.4, 0.5) is 8.78 Å². The molecule has 0 aliphatic heterocycles. The minimum Gasteiger partial charge on any atom is -0.488 e. The van der Waals surface area contributed by atoms with Gasteiger partial charge < -0.3 is 9.47 Å². The molecule has 1 aliphatic rings. The van der Waals surface area contributed by atoms with E-state index in [0.717, 1.165) is 19.3 Å². The first-order valence-corrected chi connectivity index (χ1v) is 11.7. The fourth-order valence-corrected chi connectivity index (χ4v) is 4.14. The zero-order valence-corrected chi connectivity index (χ0v) is 19.1. The Hall–Kier alpha value is -4.40. The van der Waals surface area contributed by atoms with Crippen LogP contribution in [0.5, 0.6) is 11.6 Å². The molecule has 1 fully saturated rings. The van der Waals surface area contributed by atoms with Crippen molar-refractivity contribution in [2.75, 3.05) is 0 Å². The zero-order chi connectivity index (χ0) is 24.5. The molecule has 0 spiro atoms. The van der Waals surface area contributed by atoms with Gasteiger partial charge in [0.15, 0.2) is 5.82 Å². The lowest BCUT2D eigenvalue weighted by Crippen LogP contribution is -2.25. The number of hydrogen-bond donors (Lipinski definition) is 0. The van der Waals surface area contributed by atoms with E-state index in [1.807, 2.05) is 12.1 Å². The fraction of sp³-hybridized carbons (Fsp3) is 0.185. The van der Waals surface area contributed by atoms with Crippen molar-refractivity contribution in [1.82, 2.24) is 24.8 Å². The second kappa shape index (κ2) is 9.33. The first kappa shape index (κ1) is 22.1. The number of hydrogen-bond acceptors (Lipinski definition) is 6. The molecule has 0 atom stereocenters. The molecule has 0 amide bonds. The Morgan fingerprint density at radius 3 is 2.39 bits per heavy atom. The number of pyridine rings is 1. The van der Waals surface area contributed by atoms with Crippen LogP contribution >= 0.6 is 0 Å². The highest BCUT2D eigenvalue weighted by Crippen LogP contribution is 2.37. The highest BCUT2D eigenvalue weighted by molar-refractivity contribution is 5.85. The van der Waals surface area contributed by atoms with Gasteiger partial charge in [0, 0.05) is 11.8 Å². The summed E-state index contributed by atoms with van der Waals surface area (Å²) in [4.78, 5) is 4.42. The van der Waals surface area contributed by atoms with Crippen LogP contribution < -0.4 is 9.47 Å². The SMILES string of the molecule is Fc1ccccc1-c1c(OCc2ncccc2OC2CCC2)nn2c(-c3ccccc3F)nncc12. The molecule has 3 aromatic heterocycles. The molecule has 1 saturated carbocycles. The van der Waals surface area contributed by atoms with Crippen LogP contribution in [0.3, 0.4) is 0 Å². The highest BCUT2D eigenvalue weighted by atomic mass is 19.1. The summed E-state index contributed by atoms with van der Waals surface area (Å²) in [5.74, 6) is 0.0377. The molecular weight excluding hydrogens is 464 g/mol. The molecule has 9 heteroatoms. The van der Waals surface area contributed by atoms with E-state index < -0.39 is 11.6 Å². The molecule has 0 N–H and O–H groups in total. The lowest BCUT2D eigenvalue weighted by molar-refractivity contribution is 0.116. The average molecular weight is 485 g/mol. The molecule has 1 aliphatic carbocycles. The van der Waals surface area contributed by atoms with Crippen molar-refractivity contribution in [1.29, 1.82) is 0 Å². The molecule has 0 radical (unpaired) electrons. The smallest absolute Gasteiger partial charge is 0.242 e. The molecule has 2 aromatic carbocycles. The number of aromatic nitrogens is 5. The van der Waals surface area contributed by atoms with Crippen LogP contribution in [0.1, 0.15) is 25.0 Å². The molecule has 7 nitrogen and oxygen atoms in total. The number of ether oxygens (including phenoxy) is 2. The molecule has 180 valence electrons. The number of halogens is 2. The Kier molecular flexibility index (Phi) is 5.73. The summed E-state index contributed by atoms with van der Waals surface area (Å²) < 4.78 is 43.2. The Balaban J connectivity index is 1.45. The third kappa shape index (κ3) is 4.02. The van der Waals surface area contributed by atoms with Gasteiger partial charge in [-0.2, -0.15) is 5.10 Å². The van der Waals surface area contributed by atoms with Crippen LogP contribution in [0.2, 0.25) is 0 Å². The van der Waals surface area contributed by atoms with Gasteiger partial charge in [-0.3, -0.25) is 4.98 Å². The third-order valence-corrected chi connectivity index (χ3v) is 6.22. The largest absolute Gasteiger partial charge is 0.488 e. The predicted octanol–water partition coefficient (Wildman–Crippen LogP) is 5.64. The van der Waals surface area contributed by atoms with E-state index in [-0.39, 0.29) is 35.5 Å². The van der Waals surface area contributed by atoms with E-state index in [4.69, 9.17) is 9.47 Å². The molecule has 0 bridgehead atoms. The number of nitrogens with zero attached hydrogens (tertiary/aromatic N) is 5. The Morgan fingerprint density at radius 1 is 0.917 bits per heavy atom. The molecule has 0 saturated heterocycles. The second-order valence-electron chi connectivity index (χ2n) is 8.51. The molecule has 5 aromatic rings. The van der Waals surface area contributed by atoms with E-state index in [1.165, 1.54) is 22.8 Å². The molecule has 0 unspecified atom stereocenters. The first-order valence-electron chi connectivity index (χ1n) is 11.7. The van der Waals surface area contributed by atoms with Crippen LogP contribution in [0.25, 0.3) is 28.0 Å². The van der Waals surface area contributed by atoms with E-state index in [9.17, 15) is 8.78 Å². The molecule has 36 heavy (non-hydrogen) atoms. The summed E-state index contributed by atoms with van der Waals surface area (Å²) in [6.07, 6.45) is 6.47. The van der Waals surface area contributed by atoms with E-state index >= 15 is 0 Å². The van der Waals surface area contributed by atoms with Crippen LogP contribution in [-0.2, 0) is 6.61 Å². The summed E-state index contributed by atoms with van der Waals surface area (Å²) in [7, 11) is 0. The zero-order valence-electron chi connectivity index (χ0n) is 19.1. The summed E-state index contributed by atoms with van der Waals surface area (Å²) in [5.41, 5.74) is 1.91. The van der Waals surface area contributed by atoms with Gasteiger partial charge in [-0.15, -0.1) is 10.2 Å². The van der Waals surface area contributed by atoms with Gasteiger partial charge in [-0.05, 0) is 49.6 Å². The van der Waals surface area contributed by atoms with E-state index in [2.05, 4.69) is 20.3 Å². The third-order valence-electron chi connectivity index (χ3n) is 6.22.